The smallest absolute Gasteiger partial charge is 0.408 e. The fourth-order valence-electron chi connectivity index (χ4n) is 3.14. The predicted octanol–water partition coefficient (Wildman–Crippen LogP) is 2.72. The van der Waals surface area contributed by atoms with Crippen LogP contribution in [0.5, 0.6) is 0 Å². The molecule has 2 N–H and O–H groups in total. The van der Waals surface area contributed by atoms with Crippen LogP contribution in [0, 0.1) is 12.8 Å². The highest BCUT2D eigenvalue weighted by Gasteiger charge is 2.36. The van der Waals surface area contributed by atoms with Crippen molar-refractivity contribution in [3.05, 3.63) is 35.4 Å². The minimum Gasteiger partial charge on any atom is -0.468 e. The van der Waals surface area contributed by atoms with E-state index in [2.05, 4.69) is 15.4 Å². The van der Waals surface area contributed by atoms with Crippen molar-refractivity contribution in [3.8, 4) is 0 Å². The van der Waals surface area contributed by atoms with Gasteiger partial charge in [-0.3, -0.25) is 14.4 Å². The Labute approximate surface area is 196 Å². The first-order valence-corrected chi connectivity index (χ1v) is 11.0. The molecule has 0 saturated heterocycles. The molecule has 0 spiro atoms. The van der Waals surface area contributed by atoms with Gasteiger partial charge in [0, 0.05) is 6.54 Å². The number of methoxy groups -OCH3 is 1. The lowest BCUT2D eigenvalue weighted by atomic mass is 9.98. The van der Waals surface area contributed by atoms with Gasteiger partial charge in [0.05, 0.1) is 7.11 Å². The maximum atomic E-state index is 13.6. The second-order valence-electron chi connectivity index (χ2n) is 9.10. The first kappa shape index (κ1) is 27.9. The van der Waals surface area contributed by atoms with Crippen LogP contribution in [-0.2, 0) is 23.9 Å². The summed E-state index contributed by atoms with van der Waals surface area (Å²) in [6.45, 7) is 12.3. The number of hydrogen-bond donors (Lipinski definition) is 2. The zero-order valence-corrected chi connectivity index (χ0v) is 20.9. The molecule has 2 unspecified atom stereocenters. The highest BCUT2D eigenvalue weighted by molar-refractivity contribution is 5.93. The minimum atomic E-state index is -1.01. The van der Waals surface area contributed by atoms with Crippen LogP contribution in [-0.4, -0.2) is 60.6 Å². The lowest BCUT2D eigenvalue weighted by Gasteiger charge is -2.34. The lowest BCUT2D eigenvalue weighted by molar-refractivity contribution is -0.145. The predicted molar refractivity (Wildman–Crippen MR) is 124 cm³/mol. The Hall–Kier alpha value is -3.10. The highest BCUT2D eigenvalue weighted by Crippen LogP contribution is 2.24. The van der Waals surface area contributed by atoms with Crippen molar-refractivity contribution >= 4 is 23.9 Å². The molecule has 0 aromatic heterocycles. The number of likely N-dealkylation sites (N-methyl/N-ethyl adjacent to an activating group) is 1. The average Bonchev–Trinajstić information content (AvgIpc) is 2.72. The first-order chi connectivity index (χ1) is 15.3. The Bertz CT molecular complexity index is 830. The normalized spacial score (nSPS) is 13.0. The summed E-state index contributed by atoms with van der Waals surface area (Å²) in [5.74, 6) is -1.83. The molecule has 2 atom stereocenters. The maximum absolute atomic E-state index is 13.6. The molecule has 0 aliphatic rings. The van der Waals surface area contributed by atoms with Crippen LogP contribution in [0.25, 0.3) is 0 Å². The molecule has 0 radical (unpaired) electrons. The molecule has 1 aromatic rings. The summed E-state index contributed by atoms with van der Waals surface area (Å²) >= 11 is 0. The maximum Gasteiger partial charge on any atom is 0.408 e. The molecule has 0 aliphatic heterocycles. The summed E-state index contributed by atoms with van der Waals surface area (Å²) in [4.78, 5) is 52.0. The van der Waals surface area contributed by atoms with Crippen LogP contribution >= 0.6 is 0 Å². The molecule has 0 aliphatic carbocycles. The second-order valence-corrected chi connectivity index (χ2v) is 9.10. The van der Waals surface area contributed by atoms with E-state index in [1.165, 1.54) is 12.0 Å². The minimum absolute atomic E-state index is 0.197. The number of nitrogens with one attached hydrogen (secondary N) is 2. The Morgan fingerprint density at radius 3 is 2.09 bits per heavy atom. The van der Waals surface area contributed by atoms with Gasteiger partial charge in [0.25, 0.3) is 0 Å². The van der Waals surface area contributed by atoms with Crippen LogP contribution in [0.1, 0.15) is 58.7 Å². The SMILES string of the molecule is CCN(C(=O)C(NC(=O)OC(C)(C)C)C(C)C)C(C(=O)NCC(=O)OC)c1ccc(C)cc1. The third-order valence-corrected chi connectivity index (χ3v) is 4.82. The number of rotatable bonds is 9. The summed E-state index contributed by atoms with van der Waals surface area (Å²) in [7, 11) is 1.23. The average molecular weight is 464 g/mol. The molecular weight excluding hydrogens is 426 g/mol. The zero-order valence-electron chi connectivity index (χ0n) is 20.9. The Kier molecular flexibility index (Phi) is 10.3. The third kappa shape index (κ3) is 8.75. The van der Waals surface area contributed by atoms with E-state index in [-0.39, 0.29) is 19.0 Å². The number of carbonyl (C=O) groups excluding carboxylic acids is 4. The van der Waals surface area contributed by atoms with E-state index >= 15 is 0 Å². The van der Waals surface area contributed by atoms with Crippen molar-refractivity contribution in [2.24, 2.45) is 5.92 Å². The summed E-state index contributed by atoms with van der Waals surface area (Å²) in [6, 6.07) is 5.29. The van der Waals surface area contributed by atoms with E-state index < -0.39 is 41.6 Å². The van der Waals surface area contributed by atoms with Crippen LogP contribution in [0.2, 0.25) is 0 Å². The third-order valence-electron chi connectivity index (χ3n) is 4.82. The number of ether oxygens (including phenoxy) is 2. The lowest BCUT2D eigenvalue weighted by Crippen LogP contribution is -2.55. The number of carbonyl (C=O) groups is 4. The van der Waals surface area contributed by atoms with Gasteiger partial charge in [0.2, 0.25) is 11.8 Å². The van der Waals surface area contributed by atoms with Crippen molar-refractivity contribution < 1.29 is 28.7 Å². The van der Waals surface area contributed by atoms with Crippen molar-refractivity contribution in [1.29, 1.82) is 0 Å². The number of alkyl carbamates (subject to hydrolysis) is 1. The van der Waals surface area contributed by atoms with E-state index in [1.54, 1.807) is 53.7 Å². The van der Waals surface area contributed by atoms with Gasteiger partial charge in [0.15, 0.2) is 0 Å². The topological polar surface area (TPSA) is 114 Å². The number of esters is 1. The second kappa shape index (κ2) is 12.2. The van der Waals surface area contributed by atoms with Crippen LogP contribution in [0.15, 0.2) is 24.3 Å². The monoisotopic (exact) mass is 463 g/mol. The van der Waals surface area contributed by atoms with Gasteiger partial charge in [-0.15, -0.1) is 0 Å². The molecule has 33 heavy (non-hydrogen) atoms. The molecular formula is C24H37N3O6. The largest absolute Gasteiger partial charge is 0.468 e. The van der Waals surface area contributed by atoms with Gasteiger partial charge < -0.3 is 25.0 Å². The number of aryl methyl sites for hydroxylation is 1. The Balaban J connectivity index is 3.29. The van der Waals surface area contributed by atoms with Gasteiger partial charge in [-0.25, -0.2) is 4.79 Å². The van der Waals surface area contributed by atoms with E-state index in [4.69, 9.17) is 4.74 Å². The van der Waals surface area contributed by atoms with Crippen LogP contribution in [0.4, 0.5) is 4.79 Å². The number of benzene rings is 1. The molecule has 0 bridgehead atoms. The molecule has 9 nitrogen and oxygen atoms in total. The quantitative estimate of drug-likeness (QED) is 0.545. The standard InChI is InChI=1S/C24H37N3O6/c1-9-27(22(30)19(15(2)3)26-23(31)33-24(5,6)7)20(17-12-10-16(4)11-13-17)21(29)25-14-18(28)32-8/h10-13,15,19-20H,9,14H2,1-8H3,(H,25,29)(H,26,31). The van der Waals surface area contributed by atoms with E-state index in [9.17, 15) is 19.2 Å². The molecule has 0 heterocycles. The van der Waals surface area contributed by atoms with Gasteiger partial charge in [-0.1, -0.05) is 43.7 Å². The molecule has 184 valence electrons. The van der Waals surface area contributed by atoms with Crippen molar-refractivity contribution in [2.45, 2.75) is 66.2 Å². The van der Waals surface area contributed by atoms with Gasteiger partial charge >= 0.3 is 12.1 Å². The zero-order chi connectivity index (χ0) is 25.3. The van der Waals surface area contributed by atoms with E-state index in [1.807, 2.05) is 19.1 Å². The van der Waals surface area contributed by atoms with Crippen molar-refractivity contribution in [3.63, 3.8) is 0 Å². The molecule has 0 saturated carbocycles. The number of amides is 3. The molecule has 9 heteroatoms. The van der Waals surface area contributed by atoms with Crippen LogP contribution in [0.3, 0.4) is 0 Å². The van der Waals surface area contributed by atoms with Crippen LogP contribution < -0.4 is 10.6 Å². The summed E-state index contributed by atoms with van der Waals surface area (Å²) in [5, 5.41) is 5.18. The highest BCUT2D eigenvalue weighted by atomic mass is 16.6. The number of hydrogen-bond acceptors (Lipinski definition) is 6. The first-order valence-electron chi connectivity index (χ1n) is 11.0. The Morgan fingerprint density at radius 1 is 1.06 bits per heavy atom. The van der Waals surface area contributed by atoms with Crippen molar-refractivity contribution in [1.82, 2.24) is 15.5 Å². The van der Waals surface area contributed by atoms with Gasteiger partial charge in [0.1, 0.15) is 24.2 Å². The fraction of sp³-hybridized carbons (Fsp3) is 0.583. The molecule has 1 aromatic carbocycles. The van der Waals surface area contributed by atoms with Gasteiger partial charge in [-0.2, -0.15) is 0 Å². The number of nitrogens with zero attached hydrogens (tertiary/aromatic N) is 1. The summed E-state index contributed by atoms with van der Waals surface area (Å²) in [5.41, 5.74) is 0.851. The van der Waals surface area contributed by atoms with E-state index in [0.29, 0.717) is 5.56 Å². The summed E-state index contributed by atoms with van der Waals surface area (Å²) in [6.07, 6.45) is -0.715. The molecule has 1 rings (SSSR count). The fourth-order valence-corrected chi connectivity index (χ4v) is 3.14. The van der Waals surface area contributed by atoms with Gasteiger partial charge in [-0.05, 0) is 46.1 Å². The Morgan fingerprint density at radius 2 is 1.64 bits per heavy atom. The van der Waals surface area contributed by atoms with E-state index in [0.717, 1.165) is 5.56 Å². The van der Waals surface area contributed by atoms with Crippen molar-refractivity contribution in [2.75, 3.05) is 20.2 Å². The molecule has 3 amide bonds. The molecule has 0 fully saturated rings. The summed E-state index contributed by atoms with van der Waals surface area (Å²) < 4.78 is 9.91.